The highest BCUT2D eigenvalue weighted by Crippen LogP contribution is 2.43. The molecule has 2 aliphatic heterocycles. The van der Waals surface area contributed by atoms with E-state index >= 15 is 0 Å². The number of nitrogens with zero attached hydrogens (tertiary/aromatic N) is 1. The Bertz CT molecular complexity index is 907. The van der Waals surface area contributed by atoms with Crippen molar-refractivity contribution < 1.29 is 28.8 Å². The van der Waals surface area contributed by atoms with Crippen LogP contribution in [-0.2, 0) is 23.7 Å². The van der Waals surface area contributed by atoms with Gasteiger partial charge in [0, 0.05) is 14.2 Å². The van der Waals surface area contributed by atoms with E-state index in [4.69, 9.17) is 28.7 Å². The van der Waals surface area contributed by atoms with Crippen LogP contribution in [0.15, 0.2) is 65.7 Å². The van der Waals surface area contributed by atoms with Crippen molar-refractivity contribution in [2.45, 2.75) is 49.8 Å². The van der Waals surface area contributed by atoms with Crippen LogP contribution in [0.1, 0.15) is 37.1 Å². The Morgan fingerprint density at radius 2 is 1.52 bits per heavy atom. The number of aliphatic hydroxyl groups excluding tert-OH is 1. The zero-order valence-corrected chi connectivity index (χ0v) is 18.2. The van der Waals surface area contributed by atoms with E-state index in [0.717, 1.165) is 5.56 Å². The first-order chi connectivity index (χ1) is 14.9. The fraction of sp³-hybridized carbons (Fsp3) is 0.458. The molecule has 1 unspecified atom stereocenters. The smallest absolute Gasteiger partial charge is 0.221 e. The normalized spacial score (nSPS) is 34.1. The van der Waals surface area contributed by atoms with Crippen molar-refractivity contribution in [2.24, 2.45) is 4.99 Å². The van der Waals surface area contributed by atoms with Gasteiger partial charge in [-0.05, 0) is 25.0 Å². The highest BCUT2D eigenvalue weighted by atomic mass is 16.8. The second-order valence-corrected chi connectivity index (χ2v) is 7.98. The maximum Gasteiger partial charge on any atom is 0.221 e. The number of methoxy groups -OCH3 is 2. The van der Waals surface area contributed by atoms with Gasteiger partial charge in [0.15, 0.2) is 6.10 Å². The number of hydrogen-bond acceptors (Lipinski definition) is 7. The molecule has 1 saturated heterocycles. The molecule has 2 aromatic rings. The lowest BCUT2D eigenvalue weighted by molar-refractivity contribution is -0.447. The average molecular weight is 427 g/mol. The molecule has 1 N–H and O–H groups in total. The summed E-state index contributed by atoms with van der Waals surface area (Å²) in [6, 6.07) is 19.1. The van der Waals surface area contributed by atoms with Crippen LogP contribution < -0.4 is 0 Å². The molecule has 0 aliphatic carbocycles. The van der Waals surface area contributed by atoms with Gasteiger partial charge in [0.25, 0.3) is 0 Å². The Kier molecular flexibility index (Phi) is 6.14. The molecule has 0 aromatic heterocycles. The van der Waals surface area contributed by atoms with Crippen molar-refractivity contribution in [2.75, 3.05) is 20.8 Å². The molecule has 0 radical (unpaired) electrons. The van der Waals surface area contributed by atoms with Crippen molar-refractivity contribution in [3.8, 4) is 0 Å². The van der Waals surface area contributed by atoms with Gasteiger partial charge in [0.05, 0.1) is 0 Å². The zero-order chi connectivity index (χ0) is 22.1. The first-order valence-electron chi connectivity index (χ1n) is 10.3. The fourth-order valence-corrected chi connectivity index (χ4v) is 3.97. The summed E-state index contributed by atoms with van der Waals surface area (Å²) < 4.78 is 29.9. The molecular weight excluding hydrogens is 398 g/mol. The summed E-state index contributed by atoms with van der Waals surface area (Å²) >= 11 is 0. The lowest BCUT2D eigenvalue weighted by Crippen LogP contribution is -2.67. The molecule has 7 heteroatoms. The number of aliphatic imine (C=N–C) groups is 1. The summed E-state index contributed by atoms with van der Waals surface area (Å²) in [5, 5.41) is 11.2. The topological polar surface area (TPSA) is 78.7 Å². The minimum Gasteiger partial charge on any atom is -0.476 e. The van der Waals surface area contributed by atoms with E-state index in [2.05, 4.69) is 0 Å². The van der Waals surface area contributed by atoms with E-state index < -0.39 is 29.9 Å². The van der Waals surface area contributed by atoms with Crippen LogP contribution in [-0.4, -0.2) is 55.6 Å². The van der Waals surface area contributed by atoms with E-state index in [9.17, 15) is 5.11 Å². The third-order valence-electron chi connectivity index (χ3n) is 6.17. The van der Waals surface area contributed by atoms with Gasteiger partial charge < -0.3 is 28.8 Å². The van der Waals surface area contributed by atoms with Crippen molar-refractivity contribution in [1.29, 1.82) is 0 Å². The molecule has 2 heterocycles. The molecule has 6 atom stereocenters. The molecule has 4 rings (SSSR count). The summed E-state index contributed by atoms with van der Waals surface area (Å²) in [6.07, 6.45) is -2.62. The average Bonchev–Trinajstić information content (AvgIpc) is 3.31. The van der Waals surface area contributed by atoms with Gasteiger partial charge >= 0.3 is 0 Å². The molecule has 2 aromatic carbocycles. The van der Waals surface area contributed by atoms with Crippen LogP contribution in [0.4, 0.5) is 0 Å². The minimum absolute atomic E-state index is 0.154. The Labute approximate surface area is 182 Å². The monoisotopic (exact) mass is 427 g/mol. The van der Waals surface area contributed by atoms with Crippen molar-refractivity contribution >= 4 is 5.90 Å². The van der Waals surface area contributed by atoms with E-state index in [1.54, 1.807) is 13.8 Å². The predicted octanol–water partition coefficient (Wildman–Crippen LogP) is 3.40. The molecule has 0 bridgehead atoms. The third kappa shape index (κ3) is 4.00. The van der Waals surface area contributed by atoms with Crippen molar-refractivity contribution in [3.63, 3.8) is 0 Å². The minimum atomic E-state index is -1.27. The number of rotatable bonds is 6. The Hall–Kier alpha value is -2.29. The van der Waals surface area contributed by atoms with Crippen molar-refractivity contribution in [3.05, 3.63) is 71.8 Å². The molecule has 1 fully saturated rings. The van der Waals surface area contributed by atoms with Gasteiger partial charge in [-0.3, -0.25) is 0 Å². The maximum atomic E-state index is 11.2. The molecule has 166 valence electrons. The van der Waals surface area contributed by atoms with E-state index in [1.807, 2.05) is 60.7 Å². The maximum absolute atomic E-state index is 11.2. The Balaban J connectivity index is 1.70. The largest absolute Gasteiger partial charge is 0.476 e. The summed E-state index contributed by atoms with van der Waals surface area (Å²) in [6.45, 7) is 3.85. The van der Waals surface area contributed by atoms with Gasteiger partial charge in [0.2, 0.25) is 17.5 Å². The molecule has 2 aliphatic rings. The van der Waals surface area contributed by atoms with Crippen LogP contribution in [0, 0.1) is 0 Å². The predicted molar refractivity (Wildman–Crippen MR) is 115 cm³/mol. The Morgan fingerprint density at radius 3 is 2.13 bits per heavy atom. The zero-order valence-electron chi connectivity index (χ0n) is 18.2. The van der Waals surface area contributed by atoms with Gasteiger partial charge in [-0.15, -0.1) is 0 Å². The first kappa shape index (κ1) is 21.9. The Morgan fingerprint density at radius 1 is 0.935 bits per heavy atom. The van der Waals surface area contributed by atoms with Crippen LogP contribution >= 0.6 is 0 Å². The number of hydrogen-bond donors (Lipinski definition) is 1. The molecule has 31 heavy (non-hydrogen) atoms. The molecule has 0 spiro atoms. The van der Waals surface area contributed by atoms with Crippen molar-refractivity contribution in [1.82, 2.24) is 0 Å². The summed E-state index contributed by atoms with van der Waals surface area (Å²) in [4.78, 5) is 4.76. The lowest BCUT2D eigenvalue weighted by Gasteiger charge is -2.52. The number of ether oxygens (including phenoxy) is 5. The third-order valence-corrected chi connectivity index (χ3v) is 6.17. The van der Waals surface area contributed by atoms with Gasteiger partial charge in [-0.2, -0.15) is 0 Å². The van der Waals surface area contributed by atoms with Crippen LogP contribution in [0.3, 0.4) is 0 Å². The van der Waals surface area contributed by atoms with Gasteiger partial charge in [-0.25, -0.2) is 4.99 Å². The van der Waals surface area contributed by atoms with E-state index in [-0.39, 0.29) is 6.04 Å². The summed E-state index contributed by atoms with van der Waals surface area (Å²) in [7, 11) is 3.04. The lowest BCUT2D eigenvalue weighted by atomic mass is 9.96. The second-order valence-electron chi connectivity index (χ2n) is 7.98. The summed E-state index contributed by atoms with van der Waals surface area (Å²) in [5.41, 5.74) is 1.74. The molecule has 0 amide bonds. The number of aliphatic hydroxyl groups is 1. The quantitative estimate of drug-likeness (QED) is 0.761. The fourth-order valence-electron chi connectivity index (χ4n) is 3.97. The highest BCUT2D eigenvalue weighted by Gasteiger charge is 2.60. The van der Waals surface area contributed by atoms with Gasteiger partial charge in [0.1, 0.15) is 24.9 Å². The summed E-state index contributed by atoms with van der Waals surface area (Å²) in [5.74, 6) is -2.15. The number of benzene rings is 2. The standard InChI is InChI=1S/C24H29NO6/c1-23(27-3)24(2,28-4)31-21(20(30-23)19(26)17-13-9-6-10-14-17)22-25-18(15-29-22)16-11-7-5-8-12-16/h5-14,18-21,26H,15H2,1-4H3/t18-,19?,20+,21-,23-,24-/m1/s1. The van der Waals surface area contributed by atoms with Crippen LogP contribution in [0.5, 0.6) is 0 Å². The highest BCUT2D eigenvalue weighted by molar-refractivity contribution is 5.83. The van der Waals surface area contributed by atoms with Crippen LogP contribution in [0.2, 0.25) is 0 Å². The van der Waals surface area contributed by atoms with E-state index in [1.165, 1.54) is 14.2 Å². The second kappa shape index (κ2) is 8.68. The van der Waals surface area contributed by atoms with Gasteiger partial charge in [-0.1, -0.05) is 60.7 Å². The molecular formula is C24H29NO6. The molecule has 0 saturated carbocycles. The van der Waals surface area contributed by atoms with E-state index in [0.29, 0.717) is 18.1 Å². The molecule has 7 nitrogen and oxygen atoms in total. The van der Waals surface area contributed by atoms with Crippen LogP contribution in [0.25, 0.3) is 0 Å². The SMILES string of the molecule is CO[C@]1(C)O[C@@H](C2=N[C@@H](c3ccccc3)CO2)[C@H](C(O)c2ccccc2)O[C@@]1(C)OC. The first-order valence-corrected chi connectivity index (χ1v) is 10.3.